The molecule has 0 spiro atoms. The van der Waals surface area contributed by atoms with E-state index in [4.69, 9.17) is 11.6 Å². The molecule has 2 amide bonds. The molecule has 0 aliphatic carbocycles. The molecule has 0 saturated carbocycles. The fourth-order valence-corrected chi connectivity index (χ4v) is 3.12. The molecular formula is C19H28ClN3O2. The van der Waals surface area contributed by atoms with Crippen molar-refractivity contribution in [1.82, 2.24) is 9.80 Å². The van der Waals surface area contributed by atoms with Crippen molar-refractivity contribution in [3.8, 4) is 0 Å². The zero-order valence-corrected chi connectivity index (χ0v) is 16.1. The number of amides is 2. The van der Waals surface area contributed by atoms with E-state index in [1.165, 1.54) is 0 Å². The van der Waals surface area contributed by atoms with Crippen LogP contribution in [0, 0.1) is 12.8 Å². The number of likely N-dealkylation sites (N-methyl/N-ethyl adjacent to an activating group) is 1. The summed E-state index contributed by atoms with van der Waals surface area (Å²) in [6.45, 7) is 8.89. The minimum absolute atomic E-state index is 0.112. The minimum atomic E-state index is -0.132. The summed E-state index contributed by atoms with van der Waals surface area (Å²) >= 11 is 5.99. The Bertz CT molecular complexity index is 613. The van der Waals surface area contributed by atoms with Crippen molar-refractivity contribution in [2.24, 2.45) is 5.92 Å². The van der Waals surface area contributed by atoms with E-state index in [2.05, 4.69) is 12.2 Å². The molecule has 5 nitrogen and oxygen atoms in total. The molecule has 1 saturated heterocycles. The highest BCUT2D eigenvalue weighted by molar-refractivity contribution is 6.31. The van der Waals surface area contributed by atoms with Gasteiger partial charge in [0.15, 0.2) is 0 Å². The van der Waals surface area contributed by atoms with Crippen LogP contribution in [0.5, 0.6) is 0 Å². The molecule has 0 aromatic heterocycles. The number of likely N-dealkylation sites (tertiary alicyclic amines) is 1. The zero-order chi connectivity index (χ0) is 18.4. The van der Waals surface area contributed by atoms with Gasteiger partial charge in [-0.25, -0.2) is 0 Å². The number of benzene rings is 1. The molecule has 1 aromatic rings. The lowest BCUT2D eigenvalue weighted by Gasteiger charge is -2.32. The fraction of sp³-hybridized carbons (Fsp3) is 0.579. The first-order chi connectivity index (χ1) is 11.9. The summed E-state index contributed by atoms with van der Waals surface area (Å²) in [5.41, 5.74) is 1.67. The van der Waals surface area contributed by atoms with Crippen LogP contribution in [0.2, 0.25) is 5.02 Å². The number of carbonyl (C=O) groups excluding carboxylic acids is 2. The van der Waals surface area contributed by atoms with Crippen molar-refractivity contribution in [2.45, 2.75) is 33.6 Å². The number of anilines is 1. The summed E-state index contributed by atoms with van der Waals surface area (Å²) in [6, 6.07) is 5.41. The first kappa shape index (κ1) is 19.7. The number of halogens is 1. The van der Waals surface area contributed by atoms with Crippen LogP contribution in [-0.2, 0) is 9.59 Å². The maximum Gasteiger partial charge on any atom is 0.238 e. The van der Waals surface area contributed by atoms with Crippen molar-refractivity contribution in [3.63, 3.8) is 0 Å². The number of aryl methyl sites for hydroxylation is 1. The highest BCUT2D eigenvalue weighted by Gasteiger charge is 2.22. The quantitative estimate of drug-likeness (QED) is 0.842. The molecule has 0 bridgehead atoms. The van der Waals surface area contributed by atoms with Gasteiger partial charge in [0, 0.05) is 23.8 Å². The van der Waals surface area contributed by atoms with Gasteiger partial charge in [0.25, 0.3) is 0 Å². The SMILES string of the molecule is CCN(CC(=O)Nc1cc(Cl)ccc1C)CC(=O)N1CCC(C)CC1. The van der Waals surface area contributed by atoms with E-state index in [0.717, 1.165) is 31.5 Å². The smallest absolute Gasteiger partial charge is 0.238 e. The Hall–Kier alpha value is -1.59. The summed E-state index contributed by atoms with van der Waals surface area (Å²) in [6.07, 6.45) is 2.12. The van der Waals surface area contributed by atoms with E-state index >= 15 is 0 Å². The van der Waals surface area contributed by atoms with E-state index in [0.29, 0.717) is 23.2 Å². The van der Waals surface area contributed by atoms with E-state index in [1.807, 2.05) is 29.7 Å². The maximum atomic E-state index is 12.4. The summed E-state index contributed by atoms with van der Waals surface area (Å²) in [5.74, 6) is 0.672. The molecule has 6 heteroatoms. The Kier molecular flexibility index (Phi) is 7.26. The third kappa shape index (κ3) is 6.01. The van der Waals surface area contributed by atoms with Gasteiger partial charge >= 0.3 is 0 Å². The largest absolute Gasteiger partial charge is 0.342 e. The number of nitrogens with zero attached hydrogens (tertiary/aromatic N) is 2. The molecule has 1 N–H and O–H groups in total. The number of piperidine rings is 1. The summed E-state index contributed by atoms with van der Waals surface area (Å²) in [7, 11) is 0. The van der Waals surface area contributed by atoms with Gasteiger partial charge in [-0.3, -0.25) is 14.5 Å². The third-order valence-corrected chi connectivity index (χ3v) is 5.02. The second-order valence-electron chi connectivity index (χ2n) is 6.87. The van der Waals surface area contributed by atoms with Crippen molar-refractivity contribution in [3.05, 3.63) is 28.8 Å². The van der Waals surface area contributed by atoms with Gasteiger partial charge < -0.3 is 10.2 Å². The molecular weight excluding hydrogens is 338 g/mol. The van der Waals surface area contributed by atoms with Crippen LogP contribution in [0.4, 0.5) is 5.69 Å². The van der Waals surface area contributed by atoms with Crippen LogP contribution >= 0.6 is 11.6 Å². The molecule has 1 aliphatic rings. The van der Waals surface area contributed by atoms with Crippen LogP contribution in [0.3, 0.4) is 0 Å². The van der Waals surface area contributed by atoms with Crippen LogP contribution in [0.25, 0.3) is 0 Å². The first-order valence-corrected chi connectivity index (χ1v) is 9.33. The van der Waals surface area contributed by atoms with Crippen LogP contribution in [0.15, 0.2) is 18.2 Å². The Labute approximate surface area is 155 Å². The highest BCUT2D eigenvalue weighted by atomic mass is 35.5. The van der Waals surface area contributed by atoms with E-state index in [-0.39, 0.29) is 24.9 Å². The van der Waals surface area contributed by atoms with Crippen molar-refractivity contribution in [1.29, 1.82) is 0 Å². The number of hydrogen-bond acceptors (Lipinski definition) is 3. The molecule has 1 fully saturated rings. The lowest BCUT2D eigenvalue weighted by atomic mass is 9.99. The van der Waals surface area contributed by atoms with Crippen LogP contribution < -0.4 is 5.32 Å². The number of hydrogen-bond donors (Lipinski definition) is 1. The summed E-state index contributed by atoms with van der Waals surface area (Å²) in [5, 5.41) is 3.47. The third-order valence-electron chi connectivity index (χ3n) is 4.78. The van der Waals surface area contributed by atoms with Crippen molar-refractivity contribution >= 4 is 29.1 Å². The van der Waals surface area contributed by atoms with Gasteiger partial charge in [0.2, 0.25) is 11.8 Å². The Balaban J connectivity index is 1.87. The monoisotopic (exact) mass is 365 g/mol. The van der Waals surface area contributed by atoms with Gasteiger partial charge in [-0.1, -0.05) is 31.5 Å². The molecule has 0 radical (unpaired) electrons. The second kappa shape index (κ2) is 9.20. The van der Waals surface area contributed by atoms with Gasteiger partial charge in [0.1, 0.15) is 0 Å². The predicted octanol–water partition coefficient (Wildman–Crippen LogP) is 3.17. The Morgan fingerprint density at radius 1 is 1.28 bits per heavy atom. The second-order valence-corrected chi connectivity index (χ2v) is 7.31. The number of rotatable bonds is 6. The maximum absolute atomic E-state index is 12.4. The molecule has 0 unspecified atom stereocenters. The minimum Gasteiger partial charge on any atom is -0.342 e. The number of carbonyl (C=O) groups is 2. The van der Waals surface area contributed by atoms with Gasteiger partial charge in [-0.15, -0.1) is 0 Å². The van der Waals surface area contributed by atoms with Gasteiger partial charge in [-0.05, 0) is 49.9 Å². The van der Waals surface area contributed by atoms with Crippen molar-refractivity contribution in [2.75, 3.05) is 38.0 Å². The van der Waals surface area contributed by atoms with Crippen LogP contribution in [0.1, 0.15) is 32.3 Å². The first-order valence-electron chi connectivity index (χ1n) is 8.95. The average molecular weight is 366 g/mol. The molecule has 1 heterocycles. The normalized spacial score (nSPS) is 15.5. The molecule has 0 atom stereocenters. The standard InChI is InChI=1S/C19H28ClN3O2/c1-4-22(13-19(25)23-9-7-14(2)8-10-23)12-18(24)21-17-11-16(20)6-5-15(17)3/h5-6,11,14H,4,7-10,12-13H2,1-3H3,(H,21,24). The molecule has 1 aromatic carbocycles. The molecule has 138 valence electrons. The van der Waals surface area contributed by atoms with Crippen molar-refractivity contribution < 1.29 is 9.59 Å². The Morgan fingerprint density at radius 3 is 2.60 bits per heavy atom. The average Bonchev–Trinajstić information content (AvgIpc) is 2.58. The Morgan fingerprint density at radius 2 is 1.96 bits per heavy atom. The van der Waals surface area contributed by atoms with Gasteiger partial charge in [-0.2, -0.15) is 0 Å². The molecule has 1 aliphatic heterocycles. The fourth-order valence-electron chi connectivity index (χ4n) is 2.95. The predicted molar refractivity (Wildman–Crippen MR) is 102 cm³/mol. The van der Waals surface area contributed by atoms with E-state index in [1.54, 1.807) is 12.1 Å². The van der Waals surface area contributed by atoms with E-state index < -0.39 is 0 Å². The lowest BCUT2D eigenvalue weighted by molar-refractivity contribution is -0.134. The van der Waals surface area contributed by atoms with E-state index in [9.17, 15) is 9.59 Å². The summed E-state index contributed by atoms with van der Waals surface area (Å²) in [4.78, 5) is 28.6. The number of nitrogens with one attached hydrogen (secondary N) is 1. The molecule has 2 rings (SSSR count). The van der Waals surface area contributed by atoms with Gasteiger partial charge in [0.05, 0.1) is 13.1 Å². The lowest BCUT2D eigenvalue weighted by Crippen LogP contribution is -2.45. The molecule has 25 heavy (non-hydrogen) atoms. The summed E-state index contributed by atoms with van der Waals surface area (Å²) < 4.78 is 0. The highest BCUT2D eigenvalue weighted by Crippen LogP contribution is 2.20. The topological polar surface area (TPSA) is 52.7 Å². The zero-order valence-electron chi connectivity index (χ0n) is 15.3. The van der Waals surface area contributed by atoms with Crippen LogP contribution in [-0.4, -0.2) is 54.3 Å².